The maximum atomic E-state index is 13.1. The molecule has 0 amide bonds. The Morgan fingerprint density at radius 3 is 2.62 bits per heavy atom. The van der Waals surface area contributed by atoms with Gasteiger partial charge >= 0.3 is 0 Å². The Kier molecular flexibility index (Phi) is 3.68. The molecular weight excluding hydrogens is 309 g/mol. The number of halogens is 1. The topological polar surface area (TPSA) is 86.8 Å². The molecule has 0 bridgehead atoms. The smallest absolute Gasteiger partial charge is 0.247 e. The number of anilines is 1. The zero-order valence-electron chi connectivity index (χ0n) is 12.9. The molecule has 2 heterocycles. The lowest BCUT2D eigenvalue weighted by Gasteiger charge is -2.24. The Hall–Kier alpha value is -2.83. The number of hydrogen-bond acceptors (Lipinski definition) is 6. The number of hydrogen-bond donors (Lipinski definition) is 1. The molecule has 1 saturated carbocycles. The Bertz CT molecular complexity index is 880. The van der Waals surface area contributed by atoms with Crippen LogP contribution in [-0.4, -0.2) is 26.5 Å². The zero-order chi connectivity index (χ0) is 16.5. The molecule has 1 aliphatic rings. The zero-order valence-corrected chi connectivity index (χ0v) is 12.9. The second-order valence-electron chi connectivity index (χ2n) is 5.93. The summed E-state index contributed by atoms with van der Waals surface area (Å²) in [5.74, 6) is 0.716. The van der Waals surface area contributed by atoms with Gasteiger partial charge in [-0.15, -0.1) is 0 Å². The molecule has 6 nitrogen and oxygen atoms in total. The number of benzene rings is 1. The number of nitrogen functional groups attached to an aromatic ring is 1. The van der Waals surface area contributed by atoms with Gasteiger partial charge in [0, 0.05) is 5.56 Å². The minimum atomic E-state index is -0.298. The van der Waals surface area contributed by atoms with Crippen LogP contribution in [0.4, 0.5) is 10.3 Å². The molecule has 1 aromatic carbocycles. The highest BCUT2D eigenvalue weighted by Gasteiger charge is 2.20. The van der Waals surface area contributed by atoms with E-state index in [0.29, 0.717) is 35.3 Å². The predicted molar refractivity (Wildman–Crippen MR) is 87.8 cm³/mol. The van der Waals surface area contributed by atoms with E-state index in [0.717, 1.165) is 5.56 Å². The SMILES string of the molecule is Nc1nc(OCC2CCC2)c2nc(-c3ccc(F)cc3)cnc2n1. The molecule has 24 heavy (non-hydrogen) atoms. The summed E-state index contributed by atoms with van der Waals surface area (Å²) in [4.78, 5) is 17.1. The molecule has 1 fully saturated rings. The molecule has 0 aliphatic heterocycles. The van der Waals surface area contributed by atoms with Gasteiger partial charge in [-0.1, -0.05) is 6.42 Å². The first-order valence-corrected chi connectivity index (χ1v) is 7.88. The van der Waals surface area contributed by atoms with E-state index in [4.69, 9.17) is 10.5 Å². The molecule has 0 radical (unpaired) electrons. The first kappa shape index (κ1) is 14.7. The van der Waals surface area contributed by atoms with Crippen LogP contribution in [0.3, 0.4) is 0 Å². The largest absolute Gasteiger partial charge is 0.476 e. The van der Waals surface area contributed by atoms with Gasteiger partial charge in [-0.3, -0.25) is 0 Å². The van der Waals surface area contributed by atoms with Gasteiger partial charge in [-0.2, -0.15) is 9.97 Å². The number of nitrogens with zero attached hydrogens (tertiary/aromatic N) is 4. The van der Waals surface area contributed by atoms with Crippen LogP contribution in [0, 0.1) is 11.7 Å². The summed E-state index contributed by atoms with van der Waals surface area (Å²) in [5.41, 5.74) is 7.94. The standard InChI is InChI=1S/C17H16FN5O/c18-12-6-4-11(5-7-12)13-8-20-15-14(21-13)16(23-17(19)22-15)24-9-10-2-1-3-10/h4-8,10H,1-3,9H2,(H2,19,20,22,23). The van der Waals surface area contributed by atoms with Gasteiger partial charge in [0.1, 0.15) is 5.82 Å². The van der Waals surface area contributed by atoms with Gasteiger partial charge in [-0.25, -0.2) is 14.4 Å². The lowest BCUT2D eigenvalue weighted by Crippen LogP contribution is -2.20. The summed E-state index contributed by atoms with van der Waals surface area (Å²) in [6.45, 7) is 0.591. The Labute approximate surface area is 137 Å². The normalized spacial score (nSPS) is 14.5. The van der Waals surface area contributed by atoms with Gasteiger partial charge in [0.15, 0.2) is 11.2 Å². The van der Waals surface area contributed by atoms with E-state index < -0.39 is 0 Å². The average Bonchev–Trinajstić information content (AvgIpc) is 2.53. The van der Waals surface area contributed by atoms with E-state index in [9.17, 15) is 4.39 Å². The van der Waals surface area contributed by atoms with Crippen molar-refractivity contribution in [1.29, 1.82) is 0 Å². The van der Waals surface area contributed by atoms with Crippen LogP contribution in [-0.2, 0) is 0 Å². The minimum absolute atomic E-state index is 0.106. The van der Waals surface area contributed by atoms with Crippen molar-refractivity contribution in [3.05, 3.63) is 36.3 Å². The van der Waals surface area contributed by atoms with Gasteiger partial charge in [0.2, 0.25) is 11.8 Å². The van der Waals surface area contributed by atoms with Crippen molar-refractivity contribution in [3.63, 3.8) is 0 Å². The van der Waals surface area contributed by atoms with Gasteiger partial charge < -0.3 is 10.5 Å². The molecule has 2 aromatic heterocycles. The maximum absolute atomic E-state index is 13.1. The van der Waals surface area contributed by atoms with Crippen molar-refractivity contribution in [2.45, 2.75) is 19.3 Å². The van der Waals surface area contributed by atoms with Crippen molar-refractivity contribution in [1.82, 2.24) is 19.9 Å². The molecule has 0 unspecified atom stereocenters. The Balaban J connectivity index is 1.72. The molecule has 1 aliphatic carbocycles. The fourth-order valence-electron chi connectivity index (χ4n) is 2.62. The Morgan fingerprint density at radius 1 is 1.12 bits per heavy atom. The van der Waals surface area contributed by atoms with Crippen molar-refractivity contribution in [3.8, 4) is 17.1 Å². The van der Waals surface area contributed by atoms with Crippen LogP contribution in [0.5, 0.6) is 5.88 Å². The van der Waals surface area contributed by atoms with Crippen molar-refractivity contribution in [2.75, 3.05) is 12.3 Å². The number of ether oxygens (including phenoxy) is 1. The molecule has 2 N–H and O–H groups in total. The maximum Gasteiger partial charge on any atom is 0.247 e. The highest BCUT2D eigenvalue weighted by Crippen LogP contribution is 2.29. The molecule has 0 atom stereocenters. The molecule has 7 heteroatoms. The van der Waals surface area contributed by atoms with Crippen LogP contribution in [0.2, 0.25) is 0 Å². The summed E-state index contributed by atoms with van der Waals surface area (Å²) in [6.07, 6.45) is 5.17. The third kappa shape index (κ3) is 2.84. The lowest BCUT2D eigenvalue weighted by atomic mass is 9.86. The van der Waals surface area contributed by atoms with Gasteiger partial charge in [-0.05, 0) is 43.0 Å². The quantitative estimate of drug-likeness (QED) is 0.793. The van der Waals surface area contributed by atoms with E-state index >= 15 is 0 Å². The average molecular weight is 325 g/mol. The highest BCUT2D eigenvalue weighted by molar-refractivity contribution is 5.79. The van der Waals surface area contributed by atoms with Gasteiger partial charge in [0.05, 0.1) is 18.5 Å². The van der Waals surface area contributed by atoms with Crippen LogP contribution < -0.4 is 10.5 Å². The number of rotatable bonds is 4. The number of fused-ring (bicyclic) bond motifs is 1. The number of aromatic nitrogens is 4. The van der Waals surface area contributed by atoms with Gasteiger partial charge in [0.25, 0.3) is 0 Å². The van der Waals surface area contributed by atoms with E-state index in [1.54, 1.807) is 18.3 Å². The molecule has 122 valence electrons. The van der Waals surface area contributed by atoms with Crippen molar-refractivity contribution in [2.24, 2.45) is 5.92 Å². The second kappa shape index (κ2) is 5.99. The van der Waals surface area contributed by atoms with Crippen LogP contribution in [0.25, 0.3) is 22.4 Å². The molecule has 3 aromatic rings. The summed E-state index contributed by atoms with van der Waals surface area (Å²) < 4.78 is 18.9. The van der Waals surface area contributed by atoms with E-state index in [-0.39, 0.29) is 11.8 Å². The third-order valence-corrected chi connectivity index (χ3v) is 4.21. The fraction of sp³-hybridized carbons (Fsp3) is 0.294. The lowest BCUT2D eigenvalue weighted by molar-refractivity contribution is 0.177. The van der Waals surface area contributed by atoms with E-state index in [2.05, 4.69) is 19.9 Å². The summed E-state index contributed by atoms with van der Waals surface area (Å²) in [7, 11) is 0. The predicted octanol–water partition coefficient (Wildman–Crippen LogP) is 2.99. The van der Waals surface area contributed by atoms with E-state index in [1.165, 1.54) is 31.4 Å². The molecule has 0 saturated heterocycles. The van der Waals surface area contributed by atoms with Crippen molar-refractivity contribution < 1.29 is 9.13 Å². The third-order valence-electron chi connectivity index (χ3n) is 4.21. The minimum Gasteiger partial charge on any atom is -0.476 e. The second-order valence-corrected chi connectivity index (χ2v) is 5.93. The van der Waals surface area contributed by atoms with Crippen LogP contribution >= 0.6 is 0 Å². The molecular formula is C17H16FN5O. The summed E-state index contributed by atoms with van der Waals surface area (Å²) >= 11 is 0. The molecule has 4 rings (SSSR count). The first-order valence-electron chi connectivity index (χ1n) is 7.88. The molecule has 0 spiro atoms. The van der Waals surface area contributed by atoms with E-state index in [1.807, 2.05) is 0 Å². The first-order chi connectivity index (χ1) is 11.7. The van der Waals surface area contributed by atoms with Crippen molar-refractivity contribution >= 4 is 17.1 Å². The Morgan fingerprint density at radius 2 is 1.92 bits per heavy atom. The highest BCUT2D eigenvalue weighted by atomic mass is 19.1. The summed E-state index contributed by atoms with van der Waals surface area (Å²) in [5, 5.41) is 0. The van der Waals surface area contributed by atoms with Crippen LogP contribution in [0.15, 0.2) is 30.5 Å². The summed E-state index contributed by atoms with van der Waals surface area (Å²) in [6, 6.07) is 6.07. The monoisotopic (exact) mass is 325 g/mol. The number of nitrogens with two attached hydrogens (primary N) is 1. The van der Waals surface area contributed by atoms with Crippen LogP contribution in [0.1, 0.15) is 19.3 Å². The fourth-order valence-corrected chi connectivity index (χ4v) is 2.62.